The molecule has 1 amide bonds. The molecule has 7 nitrogen and oxygen atoms in total. The maximum absolute atomic E-state index is 13.2. The SMILES string of the molecule is O=C(Cn1nc(C2CC2)c2cc(C(F)(F)F)ccc2c1=O)N[C@H]1CN(C2CC2)CC[C@H]1O. The summed E-state index contributed by atoms with van der Waals surface area (Å²) < 4.78 is 40.5. The number of aliphatic hydroxyl groups excluding tert-OH is 1. The van der Waals surface area contributed by atoms with E-state index in [1.807, 2.05) is 0 Å². The topological polar surface area (TPSA) is 87.5 Å². The maximum atomic E-state index is 13.2. The van der Waals surface area contributed by atoms with E-state index in [9.17, 15) is 27.9 Å². The molecule has 1 aromatic heterocycles. The van der Waals surface area contributed by atoms with Gasteiger partial charge in [0.05, 0.1) is 28.8 Å². The van der Waals surface area contributed by atoms with Gasteiger partial charge in [-0.1, -0.05) is 0 Å². The number of hydrogen-bond donors (Lipinski definition) is 2. The molecule has 32 heavy (non-hydrogen) atoms. The van der Waals surface area contributed by atoms with Crippen molar-refractivity contribution in [1.29, 1.82) is 0 Å². The van der Waals surface area contributed by atoms with Crippen LogP contribution in [0.5, 0.6) is 0 Å². The van der Waals surface area contributed by atoms with Crippen LogP contribution in [0, 0.1) is 0 Å². The fourth-order valence-electron chi connectivity index (χ4n) is 4.52. The van der Waals surface area contributed by atoms with Gasteiger partial charge in [-0.05, 0) is 50.3 Å². The highest BCUT2D eigenvalue weighted by Crippen LogP contribution is 2.42. The molecule has 10 heteroatoms. The van der Waals surface area contributed by atoms with Crippen LogP contribution < -0.4 is 10.9 Å². The van der Waals surface area contributed by atoms with E-state index >= 15 is 0 Å². The highest BCUT2D eigenvalue weighted by Gasteiger charge is 2.37. The van der Waals surface area contributed by atoms with Crippen LogP contribution in [0.2, 0.25) is 0 Å². The third-order valence-electron chi connectivity index (χ3n) is 6.59. The molecule has 2 heterocycles. The number of nitrogens with one attached hydrogen (secondary N) is 1. The first-order valence-electron chi connectivity index (χ1n) is 11.0. The molecule has 1 aromatic carbocycles. The molecule has 0 spiro atoms. The average molecular weight is 450 g/mol. The van der Waals surface area contributed by atoms with E-state index in [1.165, 1.54) is 6.07 Å². The summed E-state index contributed by atoms with van der Waals surface area (Å²) in [5.41, 5.74) is -0.997. The third-order valence-corrected chi connectivity index (χ3v) is 6.59. The smallest absolute Gasteiger partial charge is 0.391 e. The van der Waals surface area contributed by atoms with Crippen molar-refractivity contribution in [3.63, 3.8) is 0 Å². The summed E-state index contributed by atoms with van der Waals surface area (Å²) >= 11 is 0. The van der Waals surface area contributed by atoms with Gasteiger partial charge in [0.15, 0.2) is 0 Å². The van der Waals surface area contributed by atoms with E-state index in [4.69, 9.17) is 0 Å². The number of hydrogen-bond acceptors (Lipinski definition) is 5. The van der Waals surface area contributed by atoms with Crippen molar-refractivity contribution in [1.82, 2.24) is 20.0 Å². The molecule has 2 saturated carbocycles. The fourth-order valence-corrected chi connectivity index (χ4v) is 4.52. The van der Waals surface area contributed by atoms with Crippen molar-refractivity contribution in [2.75, 3.05) is 13.1 Å². The summed E-state index contributed by atoms with van der Waals surface area (Å²) in [6.07, 6.45) is -0.761. The molecule has 5 rings (SSSR count). The monoisotopic (exact) mass is 450 g/mol. The predicted octanol–water partition coefficient (Wildman–Crippen LogP) is 2.01. The lowest BCUT2D eigenvalue weighted by molar-refractivity contribution is -0.137. The Morgan fingerprint density at radius 3 is 2.56 bits per heavy atom. The van der Waals surface area contributed by atoms with Crippen LogP contribution >= 0.6 is 0 Å². The van der Waals surface area contributed by atoms with Gasteiger partial charge in [-0.25, -0.2) is 4.68 Å². The van der Waals surface area contributed by atoms with E-state index in [0.29, 0.717) is 24.7 Å². The van der Waals surface area contributed by atoms with Gasteiger partial charge >= 0.3 is 6.18 Å². The molecule has 2 aromatic rings. The number of aliphatic hydroxyl groups is 1. The second-order valence-electron chi connectivity index (χ2n) is 9.14. The van der Waals surface area contributed by atoms with E-state index in [0.717, 1.165) is 49.0 Å². The van der Waals surface area contributed by atoms with Crippen LogP contribution in [-0.4, -0.2) is 57.0 Å². The van der Waals surface area contributed by atoms with Crippen molar-refractivity contribution < 1.29 is 23.1 Å². The zero-order valence-corrected chi connectivity index (χ0v) is 17.4. The zero-order chi connectivity index (χ0) is 22.6. The van der Waals surface area contributed by atoms with Crippen LogP contribution in [0.1, 0.15) is 49.3 Å². The first-order chi connectivity index (χ1) is 15.2. The molecule has 3 aliphatic rings. The largest absolute Gasteiger partial charge is 0.416 e. The van der Waals surface area contributed by atoms with Gasteiger partial charge in [-0.3, -0.25) is 14.5 Å². The second kappa shape index (κ2) is 7.84. The summed E-state index contributed by atoms with van der Waals surface area (Å²) in [6, 6.07) is 3.13. The molecule has 2 atom stereocenters. The summed E-state index contributed by atoms with van der Waals surface area (Å²) in [6.45, 7) is 1.02. The zero-order valence-electron chi connectivity index (χ0n) is 17.4. The minimum absolute atomic E-state index is 0.0110. The van der Waals surface area contributed by atoms with Gasteiger partial charge < -0.3 is 10.4 Å². The number of aromatic nitrogens is 2. The molecular formula is C22H25F3N4O3. The van der Waals surface area contributed by atoms with E-state index in [-0.39, 0.29) is 23.2 Å². The minimum Gasteiger partial charge on any atom is -0.391 e. The van der Waals surface area contributed by atoms with Crippen molar-refractivity contribution in [2.45, 2.75) is 68.9 Å². The Balaban J connectivity index is 1.39. The molecule has 3 fully saturated rings. The number of likely N-dealkylation sites (tertiary alicyclic amines) is 1. The van der Waals surface area contributed by atoms with Crippen molar-refractivity contribution in [2.24, 2.45) is 0 Å². The van der Waals surface area contributed by atoms with Gasteiger partial charge in [0.2, 0.25) is 5.91 Å². The molecule has 1 saturated heterocycles. The molecule has 0 unspecified atom stereocenters. The molecule has 0 radical (unpaired) electrons. The highest BCUT2D eigenvalue weighted by atomic mass is 19.4. The molecular weight excluding hydrogens is 425 g/mol. The van der Waals surface area contributed by atoms with Crippen LogP contribution in [0.25, 0.3) is 10.8 Å². The van der Waals surface area contributed by atoms with Crippen molar-refractivity contribution in [3.8, 4) is 0 Å². The second-order valence-corrected chi connectivity index (χ2v) is 9.14. The number of alkyl halides is 3. The van der Waals surface area contributed by atoms with Crippen molar-refractivity contribution in [3.05, 3.63) is 39.8 Å². The molecule has 2 aliphatic carbocycles. The first-order valence-corrected chi connectivity index (χ1v) is 11.0. The summed E-state index contributed by atoms with van der Waals surface area (Å²) in [7, 11) is 0. The number of rotatable bonds is 5. The van der Waals surface area contributed by atoms with E-state index in [2.05, 4.69) is 15.3 Å². The number of fused-ring (bicyclic) bond motifs is 1. The Labute approximate surface area is 182 Å². The summed E-state index contributed by atoms with van der Waals surface area (Å²) in [4.78, 5) is 27.9. The van der Waals surface area contributed by atoms with Crippen LogP contribution in [-0.2, 0) is 17.5 Å². The van der Waals surface area contributed by atoms with Crippen LogP contribution in [0.3, 0.4) is 0 Å². The lowest BCUT2D eigenvalue weighted by Gasteiger charge is -2.36. The predicted molar refractivity (Wildman–Crippen MR) is 110 cm³/mol. The number of amides is 1. The quantitative estimate of drug-likeness (QED) is 0.728. The van der Waals surface area contributed by atoms with Gasteiger partial charge in [0.1, 0.15) is 6.54 Å². The maximum Gasteiger partial charge on any atom is 0.416 e. The standard InChI is InChI=1S/C22H25F3N4O3/c23-22(24,25)13-3-6-15-16(9-13)20(12-1-2-12)27-29(21(15)32)11-19(31)26-17-10-28(14-4-5-14)8-7-18(17)30/h3,6,9,12,14,17-18,30H,1-2,4-5,7-8,10-11H2,(H,26,31)/t17-,18+/m0/s1. The van der Waals surface area contributed by atoms with Gasteiger partial charge in [-0.15, -0.1) is 0 Å². The minimum atomic E-state index is -4.51. The average Bonchev–Trinajstić information content (AvgIpc) is 3.63. The van der Waals surface area contributed by atoms with Crippen LogP contribution in [0.4, 0.5) is 13.2 Å². The number of piperidine rings is 1. The van der Waals surface area contributed by atoms with E-state index in [1.54, 1.807) is 0 Å². The fraction of sp³-hybridized carbons (Fsp3) is 0.591. The Morgan fingerprint density at radius 2 is 1.91 bits per heavy atom. The Hall–Kier alpha value is -2.46. The number of carbonyl (C=O) groups excluding carboxylic acids is 1. The molecule has 172 valence electrons. The van der Waals surface area contributed by atoms with Crippen molar-refractivity contribution >= 4 is 16.7 Å². The summed E-state index contributed by atoms with van der Waals surface area (Å²) in [5.74, 6) is -0.461. The first kappa shape index (κ1) is 21.4. The van der Waals surface area contributed by atoms with Gasteiger partial charge in [-0.2, -0.15) is 18.3 Å². The third kappa shape index (κ3) is 4.25. The number of nitrogens with zero attached hydrogens (tertiary/aromatic N) is 3. The Bertz CT molecular complexity index is 1110. The highest BCUT2D eigenvalue weighted by molar-refractivity contribution is 5.85. The van der Waals surface area contributed by atoms with Crippen LogP contribution in [0.15, 0.2) is 23.0 Å². The lowest BCUT2D eigenvalue weighted by Crippen LogP contribution is -2.56. The summed E-state index contributed by atoms with van der Waals surface area (Å²) in [5, 5.41) is 17.7. The Kier molecular flexibility index (Phi) is 5.24. The lowest BCUT2D eigenvalue weighted by atomic mass is 10.0. The van der Waals surface area contributed by atoms with Gasteiger partial charge in [0, 0.05) is 30.4 Å². The van der Waals surface area contributed by atoms with E-state index < -0.39 is 35.4 Å². The molecule has 1 aliphatic heterocycles. The Morgan fingerprint density at radius 1 is 1.16 bits per heavy atom. The molecule has 2 N–H and O–H groups in total. The number of benzene rings is 1. The molecule has 0 bridgehead atoms. The normalized spacial score (nSPS) is 24.6. The number of halogens is 3. The van der Waals surface area contributed by atoms with Gasteiger partial charge in [0.25, 0.3) is 5.56 Å². The number of carbonyl (C=O) groups is 1.